The van der Waals surface area contributed by atoms with Crippen molar-refractivity contribution in [2.45, 2.75) is 0 Å². The molecule has 8 heteroatoms. The molecule has 40 heavy (non-hydrogen) atoms. The third kappa shape index (κ3) is 1.98. The van der Waals surface area contributed by atoms with Crippen LogP contribution < -0.4 is 11.1 Å². The van der Waals surface area contributed by atoms with Crippen molar-refractivity contribution in [3.63, 3.8) is 0 Å². The number of aromatic nitrogens is 4. The predicted octanol–water partition coefficient (Wildman–Crippen LogP) is 7.36. The number of fused-ring (bicyclic) bond motifs is 10. The summed E-state index contributed by atoms with van der Waals surface area (Å²) in [6.07, 6.45) is 0. The molecule has 0 amide bonds. The fourth-order valence-corrected chi connectivity index (χ4v) is 8.74. The number of benzene rings is 5. The van der Waals surface area contributed by atoms with Gasteiger partial charge in [0.15, 0.2) is 0 Å². The van der Waals surface area contributed by atoms with E-state index in [-0.39, 0.29) is 11.1 Å². The summed E-state index contributed by atoms with van der Waals surface area (Å²) in [6.45, 7) is 0. The number of pyridine rings is 2. The molecule has 0 aliphatic rings. The van der Waals surface area contributed by atoms with Crippen LogP contribution in [0.2, 0.25) is 0 Å². The fourth-order valence-electron chi connectivity index (χ4n) is 7.25. The van der Waals surface area contributed by atoms with Crippen LogP contribution in [0.3, 0.4) is 0 Å². The second-order valence-electron chi connectivity index (χ2n) is 10.5. The third-order valence-electron chi connectivity index (χ3n) is 8.82. The molecule has 6 aromatic heterocycles. The molecule has 11 aromatic rings. The van der Waals surface area contributed by atoms with Crippen LogP contribution in [0.25, 0.3) is 96.6 Å². The molecule has 6 nitrogen and oxygen atoms in total. The zero-order valence-electron chi connectivity index (χ0n) is 20.4. The number of nitrogens with zero attached hydrogens (tertiary/aromatic N) is 4. The van der Waals surface area contributed by atoms with Crippen LogP contribution >= 0.6 is 22.7 Å². The molecule has 0 atom stereocenters. The fraction of sp³-hybridized carbons (Fsp3) is 0. The Morgan fingerprint density at radius 2 is 0.800 bits per heavy atom. The van der Waals surface area contributed by atoms with Crippen LogP contribution in [-0.4, -0.2) is 18.8 Å². The lowest BCUT2D eigenvalue weighted by Gasteiger charge is -2.18. The monoisotopic (exact) mass is 548 g/mol. The minimum atomic E-state index is -0.0412. The van der Waals surface area contributed by atoms with Gasteiger partial charge in [0, 0.05) is 32.3 Å². The van der Waals surface area contributed by atoms with Gasteiger partial charge in [-0.25, -0.2) is 9.97 Å². The van der Waals surface area contributed by atoms with Crippen molar-refractivity contribution in [3.05, 3.63) is 92.1 Å². The van der Waals surface area contributed by atoms with Gasteiger partial charge in [-0.3, -0.25) is 18.4 Å². The van der Waals surface area contributed by atoms with E-state index in [1.54, 1.807) is 31.5 Å². The first-order valence-corrected chi connectivity index (χ1v) is 14.7. The highest BCUT2D eigenvalue weighted by atomic mass is 32.1. The zero-order valence-corrected chi connectivity index (χ0v) is 22.0. The smallest absolute Gasteiger partial charge is 0.264 e. The Kier molecular flexibility index (Phi) is 3.15. The van der Waals surface area contributed by atoms with E-state index in [2.05, 4.69) is 36.4 Å². The Labute approximate surface area is 229 Å². The van der Waals surface area contributed by atoms with Crippen LogP contribution in [0.5, 0.6) is 0 Å². The van der Waals surface area contributed by atoms with Crippen molar-refractivity contribution >= 4 is 119 Å². The molecule has 0 radical (unpaired) electrons. The molecule has 0 saturated heterocycles. The van der Waals surface area contributed by atoms with E-state index < -0.39 is 0 Å². The zero-order chi connectivity index (χ0) is 26.0. The summed E-state index contributed by atoms with van der Waals surface area (Å²) in [5.74, 6) is 0. The number of rotatable bonds is 0. The van der Waals surface area contributed by atoms with E-state index in [4.69, 9.17) is 9.97 Å². The van der Waals surface area contributed by atoms with Gasteiger partial charge in [-0.2, -0.15) is 0 Å². The standard InChI is InChI=1S/C32H12N4O2S2/c37-31-19-8-4-16-14-2-6-18-26-20(32(38)36-22-10-12-40-30(22)34-28(18)36)7-3-15(24(14)26)13-1-5-17(25(19)23(13)16)27-33-29-21(35(27)31)9-11-39-29/h1-12H. The van der Waals surface area contributed by atoms with Crippen LogP contribution in [-0.2, 0) is 0 Å². The summed E-state index contributed by atoms with van der Waals surface area (Å²) in [5, 5.41) is 15.6. The van der Waals surface area contributed by atoms with Crippen molar-refractivity contribution in [2.75, 3.05) is 0 Å². The van der Waals surface area contributed by atoms with Crippen LogP contribution in [0, 0.1) is 0 Å². The van der Waals surface area contributed by atoms with Crippen molar-refractivity contribution < 1.29 is 0 Å². The second kappa shape index (κ2) is 6.28. The number of imidazole rings is 2. The van der Waals surface area contributed by atoms with Crippen LogP contribution in [0.1, 0.15) is 0 Å². The Morgan fingerprint density at radius 1 is 0.450 bits per heavy atom. The van der Waals surface area contributed by atoms with Gasteiger partial charge >= 0.3 is 0 Å². The second-order valence-corrected chi connectivity index (χ2v) is 12.3. The molecule has 184 valence electrons. The lowest BCUT2D eigenvalue weighted by atomic mass is 9.86. The van der Waals surface area contributed by atoms with E-state index in [0.29, 0.717) is 22.1 Å². The van der Waals surface area contributed by atoms with Gasteiger partial charge in [0.1, 0.15) is 21.0 Å². The SMILES string of the molecule is O=c1c2ccc3c4ccc5c6c(ccc(c7ccc(c2c37)c2nc3sccc3n12)c46)c(=O)n1c2ccsc2nc51. The van der Waals surface area contributed by atoms with Gasteiger partial charge in [-0.1, -0.05) is 24.3 Å². The molecule has 0 aliphatic carbocycles. The van der Waals surface area contributed by atoms with E-state index >= 15 is 0 Å². The minimum Gasteiger partial charge on any atom is -0.268 e. The molecule has 0 aliphatic heterocycles. The topological polar surface area (TPSA) is 68.7 Å². The maximum atomic E-state index is 13.9. The molecular formula is C32H12N4O2S2. The highest BCUT2D eigenvalue weighted by Gasteiger charge is 2.24. The molecule has 6 heterocycles. The molecule has 0 N–H and O–H groups in total. The normalized spacial score (nSPS) is 13.2. The Morgan fingerprint density at radius 3 is 1.23 bits per heavy atom. The van der Waals surface area contributed by atoms with Crippen molar-refractivity contribution in [2.24, 2.45) is 0 Å². The number of hydrogen-bond donors (Lipinski definition) is 0. The van der Waals surface area contributed by atoms with Gasteiger partial charge in [0.25, 0.3) is 11.1 Å². The highest BCUT2D eigenvalue weighted by Crippen LogP contribution is 2.45. The number of hydrogen-bond acceptors (Lipinski definition) is 6. The lowest BCUT2D eigenvalue weighted by molar-refractivity contribution is 1.19. The first-order chi connectivity index (χ1) is 19.7. The summed E-state index contributed by atoms with van der Waals surface area (Å²) < 4.78 is 3.51. The largest absolute Gasteiger partial charge is 0.268 e. The van der Waals surface area contributed by atoms with Gasteiger partial charge in [-0.05, 0) is 79.5 Å². The third-order valence-corrected chi connectivity index (χ3v) is 10.4. The van der Waals surface area contributed by atoms with Crippen LogP contribution in [0.4, 0.5) is 0 Å². The quantitative estimate of drug-likeness (QED) is 0.147. The Hall–Kier alpha value is -4.92. The van der Waals surface area contributed by atoms with E-state index in [0.717, 1.165) is 74.6 Å². The molecule has 0 unspecified atom stereocenters. The van der Waals surface area contributed by atoms with E-state index in [9.17, 15) is 9.59 Å². The minimum absolute atomic E-state index is 0.0412. The van der Waals surface area contributed by atoms with Gasteiger partial charge in [-0.15, -0.1) is 22.7 Å². The molecule has 0 spiro atoms. The summed E-state index contributed by atoms with van der Waals surface area (Å²) in [5.41, 5.74) is 3.04. The van der Waals surface area contributed by atoms with E-state index in [1.165, 1.54) is 0 Å². The van der Waals surface area contributed by atoms with Crippen molar-refractivity contribution in [1.29, 1.82) is 0 Å². The Bertz CT molecular complexity index is 2810. The molecule has 0 bridgehead atoms. The number of thiophene rings is 2. The molecule has 5 aromatic carbocycles. The molecule has 0 fully saturated rings. The predicted molar refractivity (Wildman–Crippen MR) is 166 cm³/mol. The van der Waals surface area contributed by atoms with Crippen molar-refractivity contribution in [3.8, 4) is 0 Å². The van der Waals surface area contributed by atoms with Gasteiger partial charge < -0.3 is 0 Å². The van der Waals surface area contributed by atoms with Crippen molar-refractivity contribution in [1.82, 2.24) is 18.8 Å². The highest BCUT2D eigenvalue weighted by molar-refractivity contribution is 7.17. The Balaban J connectivity index is 1.43. The van der Waals surface area contributed by atoms with Gasteiger partial charge in [0.05, 0.1) is 11.0 Å². The maximum Gasteiger partial charge on any atom is 0.264 e. The maximum absolute atomic E-state index is 13.9. The summed E-state index contributed by atoms with van der Waals surface area (Å²) in [6, 6.07) is 20.5. The summed E-state index contributed by atoms with van der Waals surface area (Å²) in [7, 11) is 0. The average Bonchev–Trinajstić information content (AvgIpc) is 3.75. The molecule has 11 rings (SSSR count). The first kappa shape index (κ1) is 20.0. The summed E-state index contributed by atoms with van der Waals surface area (Å²) >= 11 is 3.10. The van der Waals surface area contributed by atoms with Crippen LogP contribution in [0.15, 0.2) is 81.0 Å². The van der Waals surface area contributed by atoms with E-state index in [1.807, 2.05) is 35.0 Å². The molecular weight excluding hydrogens is 537 g/mol. The lowest BCUT2D eigenvalue weighted by Crippen LogP contribution is -2.14. The van der Waals surface area contributed by atoms with Gasteiger partial charge in [0.2, 0.25) is 0 Å². The first-order valence-electron chi connectivity index (χ1n) is 12.9. The average molecular weight is 549 g/mol. The summed E-state index contributed by atoms with van der Waals surface area (Å²) in [4.78, 5) is 39.2. The molecule has 0 saturated carbocycles.